The third kappa shape index (κ3) is 4.03. The van der Waals surface area contributed by atoms with E-state index >= 15 is 0 Å². The molecule has 0 aromatic carbocycles. The van der Waals surface area contributed by atoms with E-state index in [2.05, 4.69) is 17.0 Å². The molecule has 2 rings (SSSR count). The van der Waals surface area contributed by atoms with Crippen LogP contribution in [0.4, 0.5) is 0 Å². The molecule has 0 aliphatic carbocycles. The van der Waals surface area contributed by atoms with Crippen LogP contribution in [0, 0.1) is 0 Å². The van der Waals surface area contributed by atoms with Crippen LogP contribution in [0.5, 0.6) is 0 Å². The molecule has 0 saturated carbocycles. The van der Waals surface area contributed by atoms with Gasteiger partial charge in [-0.25, -0.2) is 5.84 Å². The van der Waals surface area contributed by atoms with Crippen LogP contribution in [0.15, 0.2) is 10.6 Å². The van der Waals surface area contributed by atoms with Gasteiger partial charge in [0.2, 0.25) is 0 Å². The largest absolute Gasteiger partial charge is 0.377 e. The number of nitrogens with two attached hydrogens (primary N) is 1. The number of nitrogens with zero attached hydrogens (tertiary/aromatic N) is 2. The van der Waals surface area contributed by atoms with Gasteiger partial charge in [0.15, 0.2) is 11.5 Å². The van der Waals surface area contributed by atoms with Crippen LogP contribution in [0.1, 0.15) is 42.4 Å². The van der Waals surface area contributed by atoms with Gasteiger partial charge >= 0.3 is 0 Å². The Labute approximate surface area is 118 Å². The molecule has 20 heavy (non-hydrogen) atoms. The van der Waals surface area contributed by atoms with Crippen LogP contribution in [0.2, 0.25) is 0 Å². The number of hydrogen-bond donors (Lipinski definition) is 2. The van der Waals surface area contributed by atoms with Gasteiger partial charge in [0, 0.05) is 19.2 Å². The Morgan fingerprint density at radius 2 is 2.55 bits per heavy atom. The average molecular weight is 282 g/mol. The lowest BCUT2D eigenvalue weighted by Crippen LogP contribution is -2.39. The van der Waals surface area contributed by atoms with Crippen LogP contribution in [-0.4, -0.2) is 41.8 Å². The van der Waals surface area contributed by atoms with Gasteiger partial charge in [0.1, 0.15) is 0 Å². The summed E-state index contributed by atoms with van der Waals surface area (Å²) in [6.07, 6.45) is 3.54. The van der Waals surface area contributed by atoms with E-state index in [0.29, 0.717) is 18.4 Å². The Balaban J connectivity index is 1.86. The van der Waals surface area contributed by atoms with Crippen LogP contribution in [-0.2, 0) is 11.3 Å². The molecule has 1 fully saturated rings. The minimum atomic E-state index is -0.442. The first-order chi connectivity index (χ1) is 9.72. The topological polar surface area (TPSA) is 93.6 Å². The predicted octanol–water partition coefficient (Wildman–Crippen LogP) is 0.669. The Hall–Kier alpha value is -1.44. The minimum absolute atomic E-state index is 0.207. The number of hydrogen-bond acceptors (Lipinski definition) is 6. The van der Waals surface area contributed by atoms with E-state index in [0.717, 1.165) is 39.0 Å². The van der Waals surface area contributed by atoms with Crippen molar-refractivity contribution in [3.8, 4) is 0 Å². The van der Waals surface area contributed by atoms with Crippen molar-refractivity contribution in [3.63, 3.8) is 0 Å². The Morgan fingerprint density at radius 1 is 1.70 bits per heavy atom. The Kier molecular flexibility index (Phi) is 5.51. The highest BCUT2D eigenvalue weighted by molar-refractivity contribution is 5.91. The van der Waals surface area contributed by atoms with Gasteiger partial charge < -0.3 is 9.26 Å². The zero-order valence-electron chi connectivity index (χ0n) is 11.8. The zero-order chi connectivity index (χ0) is 14.4. The van der Waals surface area contributed by atoms with Gasteiger partial charge in [-0.2, -0.15) is 0 Å². The molecule has 1 saturated heterocycles. The van der Waals surface area contributed by atoms with Crippen molar-refractivity contribution in [3.05, 3.63) is 17.5 Å². The average Bonchev–Trinajstić information content (AvgIpc) is 2.93. The van der Waals surface area contributed by atoms with Crippen molar-refractivity contribution in [2.45, 2.75) is 38.8 Å². The number of ether oxygens (including phenoxy) is 1. The summed E-state index contributed by atoms with van der Waals surface area (Å²) in [5.74, 6) is 5.28. The molecule has 3 N–H and O–H groups in total. The lowest BCUT2D eigenvalue weighted by Gasteiger charge is -2.31. The monoisotopic (exact) mass is 282 g/mol. The highest BCUT2D eigenvalue weighted by atomic mass is 16.5. The van der Waals surface area contributed by atoms with Crippen molar-refractivity contribution in [2.24, 2.45) is 5.84 Å². The summed E-state index contributed by atoms with van der Waals surface area (Å²) < 4.78 is 11.0. The molecule has 1 aliphatic rings. The number of nitrogens with one attached hydrogen (secondary N) is 1. The lowest BCUT2D eigenvalue weighted by molar-refractivity contribution is -0.00413. The number of piperidine rings is 1. The van der Waals surface area contributed by atoms with Gasteiger partial charge in [-0.1, -0.05) is 12.1 Å². The summed E-state index contributed by atoms with van der Waals surface area (Å²) in [6.45, 7) is 5.45. The fraction of sp³-hybridized carbons (Fsp3) is 0.692. The number of amides is 1. The van der Waals surface area contributed by atoms with Gasteiger partial charge in [-0.15, -0.1) is 0 Å². The fourth-order valence-electron chi connectivity index (χ4n) is 2.37. The van der Waals surface area contributed by atoms with Crippen LogP contribution >= 0.6 is 0 Å². The molecular formula is C13H22N4O3. The molecule has 1 amide bonds. The first-order valence-corrected chi connectivity index (χ1v) is 7.03. The van der Waals surface area contributed by atoms with Crippen molar-refractivity contribution < 1.29 is 14.1 Å². The van der Waals surface area contributed by atoms with Crippen molar-refractivity contribution in [1.29, 1.82) is 0 Å². The first-order valence-electron chi connectivity index (χ1n) is 7.03. The molecule has 0 spiro atoms. The summed E-state index contributed by atoms with van der Waals surface area (Å²) in [5.41, 5.74) is 2.24. The zero-order valence-corrected chi connectivity index (χ0v) is 11.8. The van der Waals surface area contributed by atoms with E-state index in [-0.39, 0.29) is 5.69 Å². The maximum atomic E-state index is 11.3. The molecule has 7 nitrogen and oxygen atoms in total. The Bertz CT molecular complexity index is 435. The number of rotatable bonds is 6. The van der Waals surface area contributed by atoms with E-state index in [1.165, 1.54) is 0 Å². The van der Waals surface area contributed by atoms with Crippen LogP contribution in [0.3, 0.4) is 0 Å². The summed E-state index contributed by atoms with van der Waals surface area (Å²) >= 11 is 0. The summed E-state index contributed by atoms with van der Waals surface area (Å²) in [6, 6.07) is 1.62. The maximum Gasteiger partial charge on any atom is 0.287 e. The molecule has 2 heterocycles. The quantitative estimate of drug-likeness (QED) is 0.452. The summed E-state index contributed by atoms with van der Waals surface area (Å²) in [5, 5.41) is 3.70. The molecule has 1 aromatic rings. The van der Waals surface area contributed by atoms with E-state index < -0.39 is 5.91 Å². The van der Waals surface area contributed by atoms with E-state index in [4.69, 9.17) is 15.1 Å². The highest BCUT2D eigenvalue weighted by Crippen LogP contribution is 2.16. The molecule has 0 bridgehead atoms. The number of hydrazine groups is 1. The van der Waals surface area contributed by atoms with Gasteiger partial charge in [-0.05, 0) is 25.8 Å². The van der Waals surface area contributed by atoms with E-state index in [9.17, 15) is 4.79 Å². The summed E-state index contributed by atoms with van der Waals surface area (Å²) in [7, 11) is 0. The molecular weight excluding hydrogens is 260 g/mol. The minimum Gasteiger partial charge on any atom is -0.377 e. The maximum absolute atomic E-state index is 11.3. The van der Waals surface area contributed by atoms with Crippen molar-refractivity contribution in [2.75, 3.05) is 19.7 Å². The second-order valence-corrected chi connectivity index (χ2v) is 5.02. The van der Waals surface area contributed by atoms with Crippen molar-refractivity contribution in [1.82, 2.24) is 15.5 Å². The highest BCUT2D eigenvalue weighted by Gasteiger charge is 2.22. The molecule has 112 valence electrons. The van der Waals surface area contributed by atoms with Crippen LogP contribution < -0.4 is 11.3 Å². The normalized spacial score (nSPS) is 20.0. The predicted molar refractivity (Wildman–Crippen MR) is 72.7 cm³/mol. The fourth-order valence-corrected chi connectivity index (χ4v) is 2.37. The number of aromatic nitrogens is 1. The summed E-state index contributed by atoms with van der Waals surface area (Å²) in [4.78, 5) is 13.6. The lowest BCUT2D eigenvalue weighted by atomic mass is 10.1. The molecule has 1 aliphatic heterocycles. The first kappa shape index (κ1) is 15.0. The van der Waals surface area contributed by atoms with Gasteiger partial charge in [0.25, 0.3) is 5.91 Å². The number of carbonyl (C=O) groups is 1. The Morgan fingerprint density at radius 3 is 3.30 bits per heavy atom. The van der Waals surface area contributed by atoms with E-state index in [1.807, 2.05) is 5.43 Å². The number of nitrogen functional groups attached to an aromatic ring is 1. The van der Waals surface area contributed by atoms with Crippen molar-refractivity contribution >= 4 is 5.91 Å². The van der Waals surface area contributed by atoms with Crippen LogP contribution in [0.25, 0.3) is 0 Å². The van der Waals surface area contributed by atoms with E-state index in [1.54, 1.807) is 6.07 Å². The second-order valence-electron chi connectivity index (χ2n) is 5.02. The molecule has 0 radical (unpaired) electrons. The number of likely N-dealkylation sites (tertiary alicyclic amines) is 1. The molecule has 1 atom stereocenters. The molecule has 1 aromatic heterocycles. The molecule has 7 heteroatoms. The SMILES string of the molecule is CCCOC1CCCN(Cc2cc(C(=O)NN)no2)C1. The third-order valence-corrected chi connectivity index (χ3v) is 3.32. The third-order valence-electron chi connectivity index (χ3n) is 3.32. The van der Waals surface area contributed by atoms with Gasteiger partial charge in [-0.3, -0.25) is 15.1 Å². The molecule has 1 unspecified atom stereocenters. The van der Waals surface area contributed by atoms with Gasteiger partial charge in [0.05, 0.1) is 12.6 Å². The standard InChI is InChI=1S/C13H22N4O3/c1-2-6-19-10-4-3-5-17(8-10)9-11-7-12(16-20-11)13(18)15-14/h7,10H,2-6,8-9,14H2,1H3,(H,15,18). The second kappa shape index (κ2) is 7.37. The number of carbonyl (C=O) groups excluding carboxylic acids is 1. The smallest absolute Gasteiger partial charge is 0.287 e.